The average Bonchev–Trinajstić information content (AvgIpc) is 3.15. The van der Waals surface area contributed by atoms with Crippen molar-refractivity contribution in [3.8, 4) is 0 Å². The van der Waals surface area contributed by atoms with Crippen LogP contribution < -0.4 is 10.2 Å². The maximum absolute atomic E-state index is 11.7. The number of fused-ring (bicyclic) bond motifs is 1. The van der Waals surface area contributed by atoms with Crippen molar-refractivity contribution in [1.29, 1.82) is 0 Å². The lowest BCUT2D eigenvalue weighted by atomic mass is 10.1. The van der Waals surface area contributed by atoms with Crippen LogP contribution in [0.2, 0.25) is 0 Å². The number of rotatable bonds is 5. The third-order valence-corrected chi connectivity index (χ3v) is 4.91. The Hall–Kier alpha value is -3.02. The molecule has 0 spiro atoms. The number of pyridine rings is 1. The first-order valence-electron chi connectivity index (χ1n) is 8.99. The van der Waals surface area contributed by atoms with E-state index in [2.05, 4.69) is 39.5 Å². The van der Waals surface area contributed by atoms with E-state index in [9.17, 15) is 9.90 Å². The minimum absolute atomic E-state index is 0.199. The highest BCUT2D eigenvalue weighted by Gasteiger charge is 2.15. The van der Waals surface area contributed by atoms with Gasteiger partial charge in [-0.25, -0.2) is 9.78 Å². The zero-order valence-corrected chi connectivity index (χ0v) is 14.6. The summed E-state index contributed by atoms with van der Waals surface area (Å²) in [5, 5.41) is 12.8. The van der Waals surface area contributed by atoms with Crippen molar-refractivity contribution in [1.82, 2.24) is 9.38 Å². The molecule has 1 fully saturated rings. The van der Waals surface area contributed by atoms with E-state index in [0.717, 1.165) is 18.7 Å². The summed E-state index contributed by atoms with van der Waals surface area (Å²) in [5.41, 5.74) is 3.79. The SMILES string of the molecule is O=C(O)c1c(NCc2ccc(N3CCCCC3)cc2)ccc2nccn12. The fourth-order valence-corrected chi connectivity index (χ4v) is 3.53. The lowest BCUT2D eigenvalue weighted by molar-refractivity contribution is 0.0690. The summed E-state index contributed by atoms with van der Waals surface area (Å²) in [6, 6.07) is 12.1. The van der Waals surface area contributed by atoms with Gasteiger partial charge in [0.05, 0.1) is 5.69 Å². The van der Waals surface area contributed by atoms with E-state index in [1.54, 1.807) is 22.9 Å². The van der Waals surface area contributed by atoms with E-state index in [1.165, 1.54) is 24.9 Å². The maximum Gasteiger partial charge on any atom is 0.355 e. The van der Waals surface area contributed by atoms with Gasteiger partial charge in [-0.15, -0.1) is 0 Å². The monoisotopic (exact) mass is 350 g/mol. The molecule has 2 N–H and O–H groups in total. The van der Waals surface area contributed by atoms with Crippen molar-refractivity contribution in [2.45, 2.75) is 25.8 Å². The van der Waals surface area contributed by atoms with E-state index >= 15 is 0 Å². The predicted octanol–water partition coefficient (Wildman–Crippen LogP) is 3.63. The Balaban J connectivity index is 1.49. The molecule has 0 unspecified atom stereocenters. The standard InChI is InChI=1S/C20H22N4O2/c25-20(26)19-17(8-9-18-21-10-13-24(18)19)22-14-15-4-6-16(7-5-15)23-11-2-1-3-12-23/h4-10,13,22H,1-3,11-12,14H2,(H,25,26). The molecule has 0 amide bonds. The zero-order chi connectivity index (χ0) is 17.9. The lowest BCUT2D eigenvalue weighted by Gasteiger charge is -2.28. The van der Waals surface area contributed by atoms with Gasteiger partial charge in [-0.3, -0.25) is 4.40 Å². The molecular weight excluding hydrogens is 328 g/mol. The maximum atomic E-state index is 11.7. The van der Waals surface area contributed by atoms with Gasteiger partial charge < -0.3 is 15.3 Å². The number of aromatic nitrogens is 2. The van der Waals surface area contributed by atoms with Gasteiger partial charge in [0.2, 0.25) is 0 Å². The number of nitrogens with zero attached hydrogens (tertiary/aromatic N) is 3. The largest absolute Gasteiger partial charge is 0.476 e. The normalized spacial score (nSPS) is 14.5. The highest BCUT2D eigenvalue weighted by Crippen LogP contribution is 2.22. The molecule has 6 heteroatoms. The first-order chi connectivity index (χ1) is 12.7. The molecule has 134 valence electrons. The summed E-state index contributed by atoms with van der Waals surface area (Å²) >= 11 is 0. The molecule has 0 atom stereocenters. The number of hydrogen-bond acceptors (Lipinski definition) is 4. The van der Waals surface area contributed by atoms with E-state index in [-0.39, 0.29) is 5.69 Å². The van der Waals surface area contributed by atoms with Crippen LogP contribution in [-0.2, 0) is 6.54 Å². The number of hydrogen-bond donors (Lipinski definition) is 2. The van der Waals surface area contributed by atoms with Gasteiger partial charge in [0.15, 0.2) is 5.69 Å². The molecule has 3 aromatic rings. The highest BCUT2D eigenvalue weighted by molar-refractivity contribution is 5.93. The zero-order valence-electron chi connectivity index (χ0n) is 14.6. The second kappa shape index (κ2) is 7.07. The molecule has 0 radical (unpaired) electrons. The molecule has 4 rings (SSSR count). The van der Waals surface area contributed by atoms with Crippen LogP contribution in [-0.4, -0.2) is 33.6 Å². The fraction of sp³-hybridized carbons (Fsp3) is 0.300. The second-order valence-electron chi connectivity index (χ2n) is 6.62. The number of nitrogens with one attached hydrogen (secondary N) is 1. The van der Waals surface area contributed by atoms with Gasteiger partial charge in [0, 0.05) is 37.7 Å². The van der Waals surface area contributed by atoms with Crippen LogP contribution in [0.3, 0.4) is 0 Å². The first-order valence-corrected chi connectivity index (χ1v) is 8.99. The van der Waals surface area contributed by atoms with E-state index in [4.69, 9.17) is 0 Å². The molecule has 1 aromatic carbocycles. The fourth-order valence-electron chi connectivity index (χ4n) is 3.53. The number of carboxylic acid groups (broad SMARTS) is 1. The smallest absolute Gasteiger partial charge is 0.355 e. The third-order valence-electron chi connectivity index (χ3n) is 4.91. The first kappa shape index (κ1) is 16.4. The van der Waals surface area contributed by atoms with Gasteiger partial charge in [0.1, 0.15) is 5.65 Å². The highest BCUT2D eigenvalue weighted by atomic mass is 16.4. The molecule has 0 bridgehead atoms. The topological polar surface area (TPSA) is 69.9 Å². The number of carbonyl (C=O) groups is 1. The van der Waals surface area contributed by atoms with Crippen LogP contribution >= 0.6 is 0 Å². The van der Waals surface area contributed by atoms with Gasteiger partial charge >= 0.3 is 5.97 Å². The minimum atomic E-state index is -0.975. The van der Waals surface area contributed by atoms with Gasteiger partial charge in [0.25, 0.3) is 0 Å². The van der Waals surface area contributed by atoms with Crippen LogP contribution in [0.1, 0.15) is 35.3 Å². The van der Waals surface area contributed by atoms with Gasteiger partial charge in [-0.1, -0.05) is 12.1 Å². The van der Waals surface area contributed by atoms with Crippen molar-refractivity contribution < 1.29 is 9.90 Å². The number of aromatic carboxylic acids is 1. The third kappa shape index (κ3) is 3.22. The molecule has 26 heavy (non-hydrogen) atoms. The predicted molar refractivity (Wildman–Crippen MR) is 102 cm³/mol. The van der Waals surface area contributed by atoms with Gasteiger partial charge in [-0.05, 0) is 49.1 Å². The summed E-state index contributed by atoms with van der Waals surface area (Å²) in [4.78, 5) is 18.2. The van der Waals surface area contributed by atoms with Crippen LogP contribution in [0.25, 0.3) is 5.65 Å². The van der Waals surface area contributed by atoms with E-state index in [1.807, 2.05) is 6.07 Å². The summed E-state index contributed by atoms with van der Waals surface area (Å²) in [6.45, 7) is 2.83. The summed E-state index contributed by atoms with van der Waals surface area (Å²) in [5.74, 6) is -0.975. The van der Waals surface area contributed by atoms with E-state index < -0.39 is 5.97 Å². The summed E-state index contributed by atoms with van der Waals surface area (Å²) in [6.07, 6.45) is 7.12. The molecule has 1 aliphatic rings. The Morgan fingerprint density at radius 2 is 1.85 bits per heavy atom. The molecule has 3 heterocycles. The second-order valence-corrected chi connectivity index (χ2v) is 6.62. The molecule has 1 saturated heterocycles. The summed E-state index contributed by atoms with van der Waals surface area (Å²) in [7, 11) is 0. The lowest BCUT2D eigenvalue weighted by Crippen LogP contribution is -2.29. The molecular formula is C20H22N4O2. The van der Waals surface area contributed by atoms with Crippen LogP contribution in [0, 0.1) is 0 Å². The average molecular weight is 350 g/mol. The van der Waals surface area contributed by atoms with E-state index in [0.29, 0.717) is 17.9 Å². The number of anilines is 2. The van der Waals surface area contributed by atoms with Crippen molar-refractivity contribution in [2.24, 2.45) is 0 Å². The van der Waals surface area contributed by atoms with Crippen molar-refractivity contribution in [2.75, 3.05) is 23.3 Å². The van der Waals surface area contributed by atoms with Crippen molar-refractivity contribution in [3.05, 3.63) is 60.0 Å². The number of piperidine rings is 1. The Kier molecular flexibility index (Phi) is 4.48. The molecule has 6 nitrogen and oxygen atoms in total. The Morgan fingerprint density at radius 1 is 1.08 bits per heavy atom. The van der Waals surface area contributed by atoms with Crippen molar-refractivity contribution in [3.63, 3.8) is 0 Å². The Bertz CT molecular complexity index is 911. The molecule has 0 saturated carbocycles. The quantitative estimate of drug-likeness (QED) is 0.735. The number of carboxylic acids is 1. The number of imidazole rings is 1. The Labute approximate surface area is 152 Å². The van der Waals surface area contributed by atoms with Crippen LogP contribution in [0.15, 0.2) is 48.8 Å². The molecule has 2 aromatic heterocycles. The summed E-state index contributed by atoms with van der Waals surface area (Å²) < 4.78 is 1.59. The van der Waals surface area contributed by atoms with Crippen LogP contribution in [0.5, 0.6) is 0 Å². The Morgan fingerprint density at radius 3 is 2.58 bits per heavy atom. The minimum Gasteiger partial charge on any atom is -0.476 e. The van der Waals surface area contributed by atoms with Crippen molar-refractivity contribution >= 4 is 23.0 Å². The van der Waals surface area contributed by atoms with Gasteiger partial charge in [-0.2, -0.15) is 0 Å². The molecule has 0 aliphatic carbocycles. The molecule has 1 aliphatic heterocycles. The number of benzene rings is 1. The van der Waals surface area contributed by atoms with Crippen LogP contribution in [0.4, 0.5) is 11.4 Å².